The second-order valence-corrected chi connectivity index (χ2v) is 8.77. The third kappa shape index (κ3) is 5.99. The van der Waals surface area contributed by atoms with E-state index in [0.717, 1.165) is 44.9 Å². The van der Waals surface area contributed by atoms with Crippen LogP contribution in [0.1, 0.15) is 86.5 Å². The predicted octanol–water partition coefficient (Wildman–Crippen LogP) is 5.74. The Hall–Kier alpha value is -1.09. The lowest BCUT2D eigenvalue weighted by Crippen LogP contribution is -2.36. The van der Waals surface area contributed by atoms with Crippen LogP contribution in [-0.4, -0.2) is 23.3 Å². The SMILES string of the molecule is CC(=O)OC(C)(C)[C@H]1C/C=C(\C)CC[C@@H]2O[C@@]2(C)CC/C=C(\C)CC1. The van der Waals surface area contributed by atoms with Crippen molar-refractivity contribution >= 4 is 5.97 Å². The van der Waals surface area contributed by atoms with Gasteiger partial charge in [-0.3, -0.25) is 4.79 Å². The fraction of sp³-hybridized carbons (Fsp3) is 0.773. The van der Waals surface area contributed by atoms with Crippen molar-refractivity contribution in [1.29, 1.82) is 0 Å². The summed E-state index contributed by atoms with van der Waals surface area (Å²) >= 11 is 0. The Labute approximate surface area is 153 Å². The maximum atomic E-state index is 11.5. The smallest absolute Gasteiger partial charge is 0.303 e. The van der Waals surface area contributed by atoms with Crippen molar-refractivity contribution in [3.8, 4) is 0 Å². The topological polar surface area (TPSA) is 38.8 Å². The molecule has 3 heteroatoms. The lowest BCUT2D eigenvalue weighted by atomic mass is 9.82. The van der Waals surface area contributed by atoms with E-state index in [1.165, 1.54) is 18.1 Å². The molecule has 0 amide bonds. The molecule has 25 heavy (non-hydrogen) atoms. The standard InChI is InChI=1S/C22H36O3/c1-16-8-7-15-22(6)20(25-22)14-11-17(2)10-13-19(12-9-16)21(4,5)24-18(3)23/h8,10,19-20H,7,9,11-15H2,1-6H3/b16-8+,17-10+/t19-,20+,22+/m1/s1. The molecule has 1 fully saturated rings. The molecule has 0 aromatic rings. The maximum Gasteiger partial charge on any atom is 0.303 e. The van der Waals surface area contributed by atoms with Crippen LogP contribution in [0.2, 0.25) is 0 Å². The van der Waals surface area contributed by atoms with Crippen molar-refractivity contribution in [3.63, 3.8) is 0 Å². The highest BCUT2D eigenvalue weighted by Crippen LogP contribution is 2.44. The fourth-order valence-electron chi connectivity index (χ4n) is 3.99. The van der Waals surface area contributed by atoms with Crippen LogP contribution >= 0.6 is 0 Å². The molecule has 0 aromatic carbocycles. The number of ether oxygens (including phenoxy) is 2. The van der Waals surface area contributed by atoms with Gasteiger partial charge in [0.2, 0.25) is 0 Å². The molecule has 3 atom stereocenters. The highest BCUT2D eigenvalue weighted by Gasteiger charge is 2.50. The van der Waals surface area contributed by atoms with Crippen molar-refractivity contribution < 1.29 is 14.3 Å². The van der Waals surface area contributed by atoms with Gasteiger partial charge < -0.3 is 9.47 Å². The van der Waals surface area contributed by atoms with E-state index in [9.17, 15) is 4.79 Å². The van der Waals surface area contributed by atoms with Gasteiger partial charge in [-0.2, -0.15) is 0 Å². The van der Waals surface area contributed by atoms with E-state index in [0.29, 0.717) is 12.0 Å². The van der Waals surface area contributed by atoms with Crippen LogP contribution in [0, 0.1) is 5.92 Å². The summed E-state index contributed by atoms with van der Waals surface area (Å²) in [6.07, 6.45) is 12.6. The highest BCUT2D eigenvalue weighted by atomic mass is 16.6. The molecule has 2 rings (SSSR count). The molecule has 1 aliphatic carbocycles. The molecule has 0 saturated carbocycles. The Kier molecular flexibility index (Phi) is 6.53. The quantitative estimate of drug-likeness (QED) is 0.363. The predicted molar refractivity (Wildman–Crippen MR) is 102 cm³/mol. The summed E-state index contributed by atoms with van der Waals surface area (Å²) in [7, 11) is 0. The van der Waals surface area contributed by atoms with Crippen molar-refractivity contribution in [2.24, 2.45) is 5.92 Å². The molecule has 0 N–H and O–H groups in total. The second-order valence-electron chi connectivity index (χ2n) is 8.77. The number of carbonyl (C=O) groups excluding carboxylic acids is 1. The molecular formula is C22H36O3. The Balaban J connectivity index is 2.11. The number of carbonyl (C=O) groups is 1. The van der Waals surface area contributed by atoms with Crippen molar-refractivity contribution in [3.05, 3.63) is 23.3 Å². The van der Waals surface area contributed by atoms with Gasteiger partial charge in [0.15, 0.2) is 0 Å². The van der Waals surface area contributed by atoms with Crippen molar-refractivity contribution in [2.45, 2.75) is 104 Å². The van der Waals surface area contributed by atoms with Gasteiger partial charge in [0.25, 0.3) is 0 Å². The number of hydrogen-bond donors (Lipinski definition) is 0. The van der Waals surface area contributed by atoms with Gasteiger partial charge in [-0.25, -0.2) is 0 Å². The number of esters is 1. The average Bonchev–Trinajstić information content (AvgIpc) is 3.13. The molecule has 1 heterocycles. The van der Waals surface area contributed by atoms with Crippen LogP contribution in [0.5, 0.6) is 0 Å². The number of hydrogen-bond acceptors (Lipinski definition) is 3. The van der Waals surface area contributed by atoms with Gasteiger partial charge in [-0.1, -0.05) is 23.3 Å². The minimum Gasteiger partial charge on any atom is -0.460 e. The third-order valence-electron chi connectivity index (χ3n) is 6.00. The summed E-state index contributed by atoms with van der Waals surface area (Å²) < 4.78 is 11.6. The molecule has 3 nitrogen and oxygen atoms in total. The van der Waals surface area contributed by atoms with Gasteiger partial charge >= 0.3 is 5.97 Å². The zero-order chi connectivity index (χ0) is 18.7. The molecule has 142 valence electrons. The lowest BCUT2D eigenvalue weighted by molar-refractivity contribution is -0.159. The first-order chi connectivity index (χ1) is 11.6. The molecule has 1 aliphatic heterocycles. The van der Waals surface area contributed by atoms with E-state index < -0.39 is 5.60 Å². The highest BCUT2D eigenvalue weighted by molar-refractivity contribution is 5.66. The monoisotopic (exact) mass is 348 g/mol. The summed E-state index contributed by atoms with van der Waals surface area (Å²) in [6.45, 7) is 12.3. The maximum absolute atomic E-state index is 11.5. The molecule has 2 aliphatic rings. The normalized spacial score (nSPS) is 36.1. The molecule has 0 aromatic heterocycles. The summed E-state index contributed by atoms with van der Waals surface area (Å²) in [5.74, 6) is 0.141. The van der Waals surface area contributed by atoms with E-state index >= 15 is 0 Å². The Morgan fingerprint density at radius 2 is 1.84 bits per heavy atom. The van der Waals surface area contributed by atoms with Crippen LogP contribution in [0.4, 0.5) is 0 Å². The largest absolute Gasteiger partial charge is 0.460 e. The van der Waals surface area contributed by atoms with Gasteiger partial charge in [0, 0.05) is 12.8 Å². The molecule has 0 unspecified atom stereocenters. The summed E-state index contributed by atoms with van der Waals surface area (Å²) in [4.78, 5) is 11.5. The average molecular weight is 349 g/mol. The van der Waals surface area contributed by atoms with Crippen LogP contribution in [-0.2, 0) is 14.3 Å². The van der Waals surface area contributed by atoms with Crippen LogP contribution in [0.25, 0.3) is 0 Å². The van der Waals surface area contributed by atoms with E-state index in [2.05, 4.69) is 32.9 Å². The van der Waals surface area contributed by atoms with Crippen LogP contribution in [0.15, 0.2) is 23.3 Å². The van der Waals surface area contributed by atoms with E-state index in [1.807, 2.05) is 13.8 Å². The van der Waals surface area contributed by atoms with E-state index in [1.54, 1.807) is 0 Å². The molecule has 1 saturated heterocycles. The van der Waals surface area contributed by atoms with Gasteiger partial charge in [0.05, 0.1) is 11.7 Å². The second kappa shape index (κ2) is 8.07. The van der Waals surface area contributed by atoms with Gasteiger partial charge in [0.1, 0.15) is 5.60 Å². The van der Waals surface area contributed by atoms with E-state index in [-0.39, 0.29) is 11.6 Å². The molecular weight excluding hydrogens is 312 g/mol. The minimum atomic E-state index is -0.432. The lowest BCUT2D eigenvalue weighted by Gasteiger charge is -2.33. The molecule has 0 spiro atoms. The number of allylic oxidation sites excluding steroid dienone is 4. The van der Waals surface area contributed by atoms with Crippen LogP contribution < -0.4 is 0 Å². The van der Waals surface area contributed by atoms with E-state index in [4.69, 9.17) is 9.47 Å². The number of rotatable bonds is 2. The first-order valence-electron chi connectivity index (χ1n) is 9.81. The Bertz CT molecular complexity index is 543. The zero-order valence-electron chi connectivity index (χ0n) is 17.0. The first-order valence-corrected chi connectivity index (χ1v) is 9.81. The first kappa shape index (κ1) is 20.2. The zero-order valence-corrected chi connectivity index (χ0v) is 17.0. The number of epoxide rings is 1. The summed E-state index contributed by atoms with van der Waals surface area (Å²) in [6, 6.07) is 0. The van der Waals surface area contributed by atoms with Crippen LogP contribution in [0.3, 0.4) is 0 Å². The summed E-state index contributed by atoms with van der Waals surface area (Å²) in [5, 5.41) is 0. The molecule has 0 radical (unpaired) electrons. The minimum absolute atomic E-state index is 0.0982. The Morgan fingerprint density at radius 1 is 1.20 bits per heavy atom. The van der Waals surface area contributed by atoms with Gasteiger partial charge in [-0.05, 0) is 79.6 Å². The number of fused-ring (bicyclic) bond motifs is 1. The Morgan fingerprint density at radius 3 is 2.52 bits per heavy atom. The van der Waals surface area contributed by atoms with Gasteiger partial charge in [-0.15, -0.1) is 0 Å². The third-order valence-corrected chi connectivity index (χ3v) is 6.00. The molecule has 0 bridgehead atoms. The van der Waals surface area contributed by atoms with Crippen molar-refractivity contribution in [2.75, 3.05) is 0 Å². The fourth-order valence-corrected chi connectivity index (χ4v) is 3.99. The van der Waals surface area contributed by atoms with Crippen molar-refractivity contribution in [1.82, 2.24) is 0 Å². The summed E-state index contributed by atoms with van der Waals surface area (Å²) in [5.41, 5.74) is 2.52.